The van der Waals surface area contributed by atoms with E-state index in [1.165, 1.54) is 27.9 Å². The summed E-state index contributed by atoms with van der Waals surface area (Å²) in [5.41, 5.74) is 6.61. The summed E-state index contributed by atoms with van der Waals surface area (Å²) in [7, 11) is 4.13. The van der Waals surface area contributed by atoms with E-state index < -0.39 is 0 Å². The smallest absolute Gasteiger partial charge is 0.0361 e. The van der Waals surface area contributed by atoms with Crippen LogP contribution >= 0.6 is 0 Å². The van der Waals surface area contributed by atoms with Crippen molar-refractivity contribution in [1.29, 1.82) is 0 Å². The highest BCUT2D eigenvalue weighted by molar-refractivity contribution is 5.46. The molecule has 0 amide bonds. The van der Waals surface area contributed by atoms with Crippen molar-refractivity contribution in [2.24, 2.45) is 0 Å². The Morgan fingerprint density at radius 3 is 2.29 bits per heavy atom. The molecule has 21 heavy (non-hydrogen) atoms. The minimum Gasteiger partial charge on any atom is -0.378 e. The zero-order chi connectivity index (χ0) is 15.4. The van der Waals surface area contributed by atoms with Gasteiger partial charge in [0.1, 0.15) is 0 Å². The van der Waals surface area contributed by atoms with Gasteiger partial charge in [-0.3, -0.25) is 0 Å². The first-order valence-corrected chi connectivity index (χ1v) is 7.54. The SMILES string of the molecule is Cc1ccc(C)c(C(C)NCc2ccc(N(C)C)cc2)c1. The Balaban J connectivity index is 2.00. The third-order valence-corrected chi connectivity index (χ3v) is 3.97. The van der Waals surface area contributed by atoms with Crippen molar-refractivity contribution in [3.8, 4) is 0 Å². The van der Waals surface area contributed by atoms with E-state index in [1.807, 2.05) is 0 Å². The molecule has 0 saturated heterocycles. The van der Waals surface area contributed by atoms with Gasteiger partial charge in [-0.15, -0.1) is 0 Å². The van der Waals surface area contributed by atoms with Crippen LogP contribution in [0.5, 0.6) is 0 Å². The van der Waals surface area contributed by atoms with Crippen molar-refractivity contribution < 1.29 is 0 Å². The minimum absolute atomic E-state index is 0.360. The lowest BCUT2D eigenvalue weighted by Gasteiger charge is -2.18. The van der Waals surface area contributed by atoms with Crippen LogP contribution in [0.3, 0.4) is 0 Å². The van der Waals surface area contributed by atoms with E-state index in [0.717, 1.165) is 6.54 Å². The van der Waals surface area contributed by atoms with Crippen LogP contribution in [0.25, 0.3) is 0 Å². The molecule has 2 rings (SSSR count). The second kappa shape index (κ2) is 6.77. The molecule has 112 valence electrons. The van der Waals surface area contributed by atoms with Crippen molar-refractivity contribution in [3.05, 3.63) is 64.7 Å². The molecule has 0 aliphatic rings. The average molecular weight is 282 g/mol. The topological polar surface area (TPSA) is 15.3 Å². The van der Waals surface area contributed by atoms with Gasteiger partial charge < -0.3 is 10.2 Å². The number of hydrogen-bond donors (Lipinski definition) is 1. The average Bonchev–Trinajstić information content (AvgIpc) is 2.47. The number of nitrogens with one attached hydrogen (secondary N) is 1. The molecule has 1 N–H and O–H groups in total. The van der Waals surface area contributed by atoms with Crippen molar-refractivity contribution in [2.45, 2.75) is 33.4 Å². The molecule has 0 heterocycles. The second-order valence-corrected chi connectivity index (χ2v) is 6.02. The molecule has 0 spiro atoms. The Labute approximate surface area is 128 Å². The molecule has 2 heteroatoms. The minimum atomic E-state index is 0.360. The molecule has 0 fully saturated rings. The van der Waals surface area contributed by atoms with E-state index in [1.54, 1.807) is 0 Å². The van der Waals surface area contributed by atoms with Crippen LogP contribution in [0.2, 0.25) is 0 Å². The van der Waals surface area contributed by atoms with Crippen molar-refractivity contribution in [1.82, 2.24) is 5.32 Å². The molecular formula is C19H26N2. The van der Waals surface area contributed by atoms with Crippen LogP contribution in [-0.2, 0) is 6.54 Å². The summed E-state index contributed by atoms with van der Waals surface area (Å²) in [4.78, 5) is 2.12. The summed E-state index contributed by atoms with van der Waals surface area (Å²) < 4.78 is 0. The number of rotatable bonds is 5. The molecule has 0 bridgehead atoms. The Bertz CT molecular complexity index is 585. The molecule has 1 unspecified atom stereocenters. The van der Waals surface area contributed by atoms with Gasteiger partial charge in [-0.2, -0.15) is 0 Å². The van der Waals surface area contributed by atoms with Gasteiger partial charge in [-0.05, 0) is 49.6 Å². The normalized spacial score (nSPS) is 12.2. The van der Waals surface area contributed by atoms with E-state index in [4.69, 9.17) is 0 Å². The number of hydrogen-bond acceptors (Lipinski definition) is 2. The highest BCUT2D eigenvalue weighted by atomic mass is 15.1. The maximum absolute atomic E-state index is 3.62. The summed E-state index contributed by atoms with van der Waals surface area (Å²) in [6, 6.07) is 15.7. The molecule has 2 aromatic rings. The summed E-state index contributed by atoms with van der Waals surface area (Å²) in [5.74, 6) is 0. The van der Waals surface area contributed by atoms with E-state index in [9.17, 15) is 0 Å². The summed E-state index contributed by atoms with van der Waals surface area (Å²) in [5, 5.41) is 3.62. The maximum atomic E-state index is 3.62. The molecule has 2 nitrogen and oxygen atoms in total. The zero-order valence-electron chi connectivity index (χ0n) is 13.8. The van der Waals surface area contributed by atoms with Crippen LogP contribution in [0, 0.1) is 13.8 Å². The van der Waals surface area contributed by atoms with Gasteiger partial charge in [0.15, 0.2) is 0 Å². The highest BCUT2D eigenvalue weighted by Crippen LogP contribution is 2.19. The molecule has 2 aromatic carbocycles. The Morgan fingerprint density at radius 1 is 1.00 bits per heavy atom. The van der Waals surface area contributed by atoms with Crippen LogP contribution < -0.4 is 10.2 Å². The van der Waals surface area contributed by atoms with E-state index in [-0.39, 0.29) is 0 Å². The molecule has 0 aliphatic heterocycles. The van der Waals surface area contributed by atoms with Crippen molar-refractivity contribution >= 4 is 5.69 Å². The number of anilines is 1. The summed E-state index contributed by atoms with van der Waals surface area (Å²) >= 11 is 0. The predicted molar refractivity (Wildman–Crippen MR) is 91.9 cm³/mol. The monoisotopic (exact) mass is 282 g/mol. The van der Waals surface area contributed by atoms with E-state index in [0.29, 0.717) is 6.04 Å². The van der Waals surface area contributed by atoms with Gasteiger partial charge >= 0.3 is 0 Å². The van der Waals surface area contributed by atoms with Gasteiger partial charge in [0.25, 0.3) is 0 Å². The summed E-state index contributed by atoms with van der Waals surface area (Å²) in [6.45, 7) is 7.45. The molecular weight excluding hydrogens is 256 g/mol. The molecule has 0 saturated carbocycles. The molecule has 1 atom stereocenters. The largest absolute Gasteiger partial charge is 0.378 e. The molecule has 0 aromatic heterocycles. The van der Waals surface area contributed by atoms with E-state index in [2.05, 4.69) is 87.5 Å². The quantitative estimate of drug-likeness (QED) is 0.883. The van der Waals surface area contributed by atoms with Crippen molar-refractivity contribution in [3.63, 3.8) is 0 Å². The first kappa shape index (κ1) is 15.6. The van der Waals surface area contributed by atoms with Crippen LogP contribution in [0.1, 0.15) is 35.2 Å². The Hall–Kier alpha value is -1.80. The lowest BCUT2D eigenvalue weighted by molar-refractivity contribution is 0.572. The number of aryl methyl sites for hydroxylation is 2. The van der Waals surface area contributed by atoms with Crippen LogP contribution in [-0.4, -0.2) is 14.1 Å². The van der Waals surface area contributed by atoms with Gasteiger partial charge in [0.2, 0.25) is 0 Å². The van der Waals surface area contributed by atoms with Gasteiger partial charge in [-0.25, -0.2) is 0 Å². The molecule has 0 radical (unpaired) electrons. The molecule has 0 aliphatic carbocycles. The number of nitrogens with zero attached hydrogens (tertiary/aromatic N) is 1. The van der Waals surface area contributed by atoms with Crippen LogP contribution in [0.4, 0.5) is 5.69 Å². The fourth-order valence-electron chi connectivity index (χ4n) is 2.52. The summed E-state index contributed by atoms with van der Waals surface area (Å²) in [6.07, 6.45) is 0. The van der Waals surface area contributed by atoms with E-state index >= 15 is 0 Å². The predicted octanol–water partition coefficient (Wildman–Crippen LogP) is 4.22. The first-order valence-electron chi connectivity index (χ1n) is 7.54. The van der Waals surface area contributed by atoms with Crippen molar-refractivity contribution in [2.75, 3.05) is 19.0 Å². The zero-order valence-corrected chi connectivity index (χ0v) is 13.8. The standard InChI is InChI=1S/C19H26N2/c1-14-6-7-15(2)19(12-14)16(3)20-13-17-8-10-18(11-9-17)21(4)5/h6-12,16,20H,13H2,1-5H3. The third kappa shape index (κ3) is 4.08. The Kier molecular flexibility index (Phi) is 5.03. The third-order valence-electron chi connectivity index (χ3n) is 3.97. The fraction of sp³-hybridized carbons (Fsp3) is 0.368. The second-order valence-electron chi connectivity index (χ2n) is 6.02. The lowest BCUT2D eigenvalue weighted by atomic mass is 10.00. The Morgan fingerprint density at radius 2 is 1.67 bits per heavy atom. The fourth-order valence-corrected chi connectivity index (χ4v) is 2.52. The highest BCUT2D eigenvalue weighted by Gasteiger charge is 2.08. The maximum Gasteiger partial charge on any atom is 0.0361 e. The lowest BCUT2D eigenvalue weighted by Crippen LogP contribution is -2.19. The van der Waals surface area contributed by atoms with Gasteiger partial charge in [-0.1, -0.05) is 35.9 Å². The van der Waals surface area contributed by atoms with Gasteiger partial charge in [0, 0.05) is 32.4 Å². The number of benzene rings is 2. The van der Waals surface area contributed by atoms with Crippen LogP contribution in [0.15, 0.2) is 42.5 Å². The van der Waals surface area contributed by atoms with Gasteiger partial charge in [0.05, 0.1) is 0 Å². The first-order chi connectivity index (χ1) is 9.97.